The highest BCUT2D eigenvalue weighted by Crippen LogP contribution is 2.61. The predicted octanol–water partition coefficient (Wildman–Crippen LogP) is 9.13. The summed E-state index contributed by atoms with van der Waals surface area (Å²) in [5.74, 6) is 3.07. The van der Waals surface area contributed by atoms with Gasteiger partial charge in [0.15, 0.2) is 0 Å². The van der Waals surface area contributed by atoms with Gasteiger partial charge in [0, 0.05) is 22.9 Å². The monoisotopic (exact) mass is 502 g/mol. The van der Waals surface area contributed by atoms with Crippen molar-refractivity contribution < 1.29 is 13.6 Å². The first-order valence-corrected chi connectivity index (χ1v) is 15.2. The third-order valence-electron chi connectivity index (χ3n) is 7.68. The smallest absolute Gasteiger partial charge is 0.415 e. The molecule has 180 valence electrons. The lowest BCUT2D eigenvalue weighted by Gasteiger charge is -2.38. The van der Waals surface area contributed by atoms with Crippen LogP contribution in [-0.2, 0) is 16.3 Å². The van der Waals surface area contributed by atoms with E-state index in [0.717, 1.165) is 57.0 Å². The molecule has 0 N–H and O–H groups in total. The maximum Gasteiger partial charge on any atom is 0.435 e. The van der Waals surface area contributed by atoms with Crippen molar-refractivity contribution in [3.63, 3.8) is 0 Å². The van der Waals surface area contributed by atoms with Gasteiger partial charge in [-0.2, -0.15) is 0 Å². The summed E-state index contributed by atoms with van der Waals surface area (Å²) in [6.45, 7) is 3.75. The van der Waals surface area contributed by atoms with Crippen molar-refractivity contribution in [2.45, 2.75) is 46.1 Å². The van der Waals surface area contributed by atoms with E-state index in [-0.39, 0.29) is 6.10 Å². The van der Waals surface area contributed by atoms with E-state index in [9.17, 15) is 0 Å². The summed E-state index contributed by atoms with van der Waals surface area (Å²) >= 11 is 6.14. The Labute approximate surface area is 212 Å². The van der Waals surface area contributed by atoms with E-state index in [1.54, 1.807) is 0 Å². The van der Waals surface area contributed by atoms with Crippen LogP contribution < -0.4 is 9.05 Å². The quantitative estimate of drug-likeness (QED) is 0.261. The molecule has 1 aliphatic carbocycles. The van der Waals surface area contributed by atoms with Crippen LogP contribution in [0.2, 0.25) is 0 Å². The molecule has 6 rings (SSSR count). The molecular formula is C30H31O3PS. The van der Waals surface area contributed by atoms with Gasteiger partial charge in [0.05, 0.1) is 6.10 Å². The second-order valence-electron chi connectivity index (χ2n) is 10.4. The lowest BCUT2D eigenvalue weighted by atomic mass is 9.75. The molecule has 5 heteroatoms. The SMILES string of the molecule is CC(C)[C@@H]1CC[C@@H](C)C[C@H]1OP1(=S)Oc2ccc3ccccc3c2-c2c(ccc3ccccc23)O1. The van der Waals surface area contributed by atoms with Crippen LogP contribution in [0.15, 0.2) is 72.8 Å². The molecule has 3 atom stereocenters. The summed E-state index contributed by atoms with van der Waals surface area (Å²) < 4.78 is 20.0. The zero-order chi connectivity index (χ0) is 24.2. The molecule has 1 heterocycles. The van der Waals surface area contributed by atoms with Crippen LogP contribution in [0.1, 0.15) is 40.0 Å². The molecule has 1 saturated carbocycles. The molecule has 2 aliphatic rings. The van der Waals surface area contributed by atoms with Crippen LogP contribution in [0, 0.1) is 17.8 Å². The zero-order valence-corrected chi connectivity index (χ0v) is 22.2. The van der Waals surface area contributed by atoms with Crippen molar-refractivity contribution in [3.8, 4) is 22.6 Å². The fourth-order valence-electron chi connectivity index (χ4n) is 5.88. The second-order valence-corrected chi connectivity index (χ2v) is 13.2. The minimum absolute atomic E-state index is 0.0375. The minimum atomic E-state index is -3.12. The fraction of sp³-hybridized carbons (Fsp3) is 0.333. The summed E-state index contributed by atoms with van der Waals surface area (Å²) in [7, 11) is 0. The summed E-state index contributed by atoms with van der Waals surface area (Å²) in [4.78, 5) is 0. The standard InChI is InChI=1S/C30H31O3PS/c1-19(2)23-15-12-20(3)18-28(23)33-34(35)31-26-16-13-21-8-4-6-10-24(21)29(26)30-25-11-7-5-9-22(25)14-17-27(30)32-34/h4-11,13-14,16-17,19-20,23,28H,12,15,18H2,1-3H3/t20-,23+,28-/m1/s1. The maximum absolute atomic E-state index is 6.76. The molecule has 3 nitrogen and oxygen atoms in total. The van der Waals surface area contributed by atoms with Crippen LogP contribution in [0.25, 0.3) is 32.7 Å². The van der Waals surface area contributed by atoms with Gasteiger partial charge in [-0.05, 0) is 64.3 Å². The van der Waals surface area contributed by atoms with E-state index in [1.165, 1.54) is 6.42 Å². The topological polar surface area (TPSA) is 27.7 Å². The average molecular weight is 503 g/mol. The summed E-state index contributed by atoms with van der Waals surface area (Å²) in [5, 5.41) is 4.57. The third kappa shape index (κ3) is 4.16. The van der Waals surface area contributed by atoms with Crippen molar-refractivity contribution in [2.75, 3.05) is 0 Å². The van der Waals surface area contributed by atoms with Gasteiger partial charge >= 0.3 is 6.72 Å². The molecule has 0 saturated heterocycles. The highest BCUT2D eigenvalue weighted by Gasteiger charge is 2.40. The molecule has 4 aromatic carbocycles. The fourth-order valence-corrected chi connectivity index (χ4v) is 8.17. The number of rotatable bonds is 3. The number of fused-ring (bicyclic) bond motifs is 7. The van der Waals surface area contributed by atoms with Crippen molar-refractivity contribution >= 4 is 40.1 Å². The Bertz CT molecular complexity index is 1370. The van der Waals surface area contributed by atoms with E-state index < -0.39 is 6.72 Å². The van der Waals surface area contributed by atoms with Gasteiger partial charge in [0.25, 0.3) is 0 Å². The van der Waals surface area contributed by atoms with Gasteiger partial charge in [0.2, 0.25) is 0 Å². The Hall–Kier alpha value is -2.39. The van der Waals surface area contributed by atoms with E-state index in [4.69, 9.17) is 25.4 Å². The van der Waals surface area contributed by atoms with Gasteiger partial charge < -0.3 is 9.05 Å². The third-order valence-corrected chi connectivity index (χ3v) is 9.75. The molecular weight excluding hydrogens is 471 g/mol. The Morgan fingerprint density at radius 1 is 0.800 bits per heavy atom. The van der Waals surface area contributed by atoms with E-state index in [0.29, 0.717) is 17.8 Å². The first-order valence-electron chi connectivity index (χ1n) is 12.6. The Morgan fingerprint density at radius 2 is 1.34 bits per heavy atom. The molecule has 0 spiro atoms. The molecule has 1 fully saturated rings. The molecule has 1 aliphatic heterocycles. The first kappa shape index (κ1) is 23.0. The summed E-state index contributed by atoms with van der Waals surface area (Å²) in [6, 6.07) is 25.1. The van der Waals surface area contributed by atoms with Crippen molar-refractivity contribution in [1.29, 1.82) is 0 Å². The predicted molar refractivity (Wildman–Crippen MR) is 149 cm³/mol. The van der Waals surface area contributed by atoms with Gasteiger partial charge in [-0.25, -0.2) is 0 Å². The van der Waals surface area contributed by atoms with Gasteiger partial charge in [-0.1, -0.05) is 87.9 Å². The summed E-state index contributed by atoms with van der Waals surface area (Å²) in [5.41, 5.74) is 2.06. The lowest BCUT2D eigenvalue weighted by Crippen LogP contribution is -2.34. The van der Waals surface area contributed by atoms with Crippen LogP contribution in [0.5, 0.6) is 11.5 Å². The molecule has 4 aromatic rings. The van der Waals surface area contributed by atoms with Gasteiger partial charge in [0.1, 0.15) is 11.5 Å². The number of benzene rings is 4. The van der Waals surface area contributed by atoms with Gasteiger partial charge in [-0.15, -0.1) is 0 Å². The number of hydrogen-bond acceptors (Lipinski definition) is 4. The number of hydrogen-bond donors (Lipinski definition) is 0. The Balaban J connectivity index is 1.54. The zero-order valence-electron chi connectivity index (χ0n) is 20.4. The van der Waals surface area contributed by atoms with Crippen LogP contribution in [0.4, 0.5) is 0 Å². The van der Waals surface area contributed by atoms with E-state index >= 15 is 0 Å². The molecule has 0 unspecified atom stereocenters. The molecule has 0 amide bonds. The summed E-state index contributed by atoms with van der Waals surface area (Å²) in [6.07, 6.45) is 3.41. The molecule has 35 heavy (non-hydrogen) atoms. The molecule has 0 radical (unpaired) electrons. The maximum atomic E-state index is 6.76. The average Bonchev–Trinajstić information content (AvgIpc) is 2.97. The van der Waals surface area contributed by atoms with E-state index in [2.05, 4.69) is 81.4 Å². The minimum Gasteiger partial charge on any atom is -0.415 e. The second kappa shape index (κ2) is 8.92. The van der Waals surface area contributed by atoms with Crippen LogP contribution in [-0.4, -0.2) is 6.10 Å². The van der Waals surface area contributed by atoms with Crippen LogP contribution in [0.3, 0.4) is 0 Å². The molecule has 0 aromatic heterocycles. The van der Waals surface area contributed by atoms with Crippen molar-refractivity contribution in [2.24, 2.45) is 17.8 Å². The molecule has 0 bridgehead atoms. The van der Waals surface area contributed by atoms with Gasteiger partial charge in [-0.3, -0.25) is 4.52 Å². The Kier molecular flexibility index (Phi) is 5.87. The Morgan fingerprint density at radius 3 is 1.89 bits per heavy atom. The largest absolute Gasteiger partial charge is 0.435 e. The van der Waals surface area contributed by atoms with Crippen molar-refractivity contribution in [3.05, 3.63) is 72.8 Å². The highest BCUT2D eigenvalue weighted by molar-refractivity contribution is 8.07. The normalized spacial score (nSPS) is 23.3. The lowest BCUT2D eigenvalue weighted by molar-refractivity contribution is 0.0389. The van der Waals surface area contributed by atoms with Crippen LogP contribution >= 0.6 is 6.72 Å². The van der Waals surface area contributed by atoms with Crippen molar-refractivity contribution in [1.82, 2.24) is 0 Å². The van der Waals surface area contributed by atoms with E-state index in [1.807, 2.05) is 12.1 Å². The first-order chi connectivity index (χ1) is 16.9. The highest BCUT2D eigenvalue weighted by atomic mass is 32.5.